The first-order valence-electron chi connectivity index (χ1n) is 7.77. The zero-order valence-electron chi connectivity index (χ0n) is 14.7. The molecule has 7 heteroatoms. The van der Waals surface area contributed by atoms with Crippen LogP contribution in [0.2, 0.25) is 0 Å². The average molecular weight is 362 g/mol. The second-order valence-electron chi connectivity index (χ2n) is 5.68. The molecule has 0 bridgehead atoms. The highest BCUT2D eigenvalue weighted by Crippen LogP contribution is 2.26. The topological polar surface area (TPSA) is 84.5 Å². The van der Waals surface area contributed by atoms with Crippen molar-refractivity contribution in [3.8, 4) is 5.75 Å². The number of hydrogen-bond donors (Lipinski definition) is 2. The molecule has 1 amide bonds. The van der Waals surface area contributed by atoms with Crippen molar-refractivity contribution in [3.05, 3.63) is 59.2 Å². The fraction of sp³-hybridized carbons (Fsp3) is 0.278. The SMILES string of the molecule is CNS(=O)(=O)c1cccc(C(=O)NC(C)c2cc(C)ccc2OC)c1. The molecule has 0 saturated heterocycles. The number of aryl methyl sites for hydroxylation is 1. The Bertz CT molecular complexity index is 878. The van der Waals surface area contributed by atoms with Crippen molar-refractivity contribution in [2.75, 3.05) is 14.2 Å². The van der Waals surface area contributed by atoms with Gasteiger partial charge >= 0.3 is 0 Å². The van der Waals surface area contributed by atoms with Crippen LogP contribution in [0.3, 0.4) is 0 Å². The normalized spacial score (nSPS) is 12.5. The Kier molecular flexibility index (Phi) is 5.81. The molecule has 2 aromatic rings. The maximum Gasteiger partial charge on any atom is 0.251 e. The number of methoxy groups -OCH3 is 1. The summed E-state index contributed by atoms with van der Waals surface area (Å²) in [6.07, 6.45) is 0. The summed E-state index contributed by atoms with van der Waals surface area (Å²) < 4.78 is 31.3. The van der Waals surface area contributed by atoms with Crippen LogP contribution >= 0.6 is 0 Å². The smallest absolute Gasteiger partial charge is 0.251 e. The lowest BCUT2D eigenvalue weighted by Crippen LogP contribution is -2.27. The van der Waals surface area contributed by atoms with E-state index in [0.29, 0.717) is 5.75 Å². The lowest BCUT2D eigenvalue weighted by Gasteiger charge is -2.18. The van der Waals surface area contributed by atoms with Gasteiger partial charge in [-0.25, -0.2) is 13.1 Å². The minimum atomic E-state index is -3.60. The van der Waals surface area contributed by atoms with E-state index in [4.69, 9.17) is 4.74 Å². The van der Waals surface area contributed by atoms with Gasteiger partial charge in [-0.2, -0.15) is 0 Å². The molecule has 6 nitrogen and oxygen atoms in total. The van der Waals surface area contributed by atoms with Gasteiger partial charge in [-0.3, -0.25) is 4.79 Å². The number of hydrogen-bond acceptors (Lipinski definition) is 4. The summed E-state index contributed by atoms with van der Waals surface area (Å²) in [6.45, 7) is 3.81. The first kappa shape index (κ1) is 19.0. The molecule has 25 heavy (non-hydrogen) atoms. The Morgan fingerprint density at radius 3 is 2.52 bits per heavy atom. The summed E-state index contributed by atoms with van der Waals surface area (Å²) in [7, 11) is -0.695. The maximum atomic E-state index is 12.5. The van der Waals surface area contributed by atoms with Crippen molar-refractivity contribution in [2.24, 2.45) is 0 Å². The summed E-state index contributed by atoms with van der Waals surface area (Å²) in [5.74, 6) is 0.328. The minimum absolute atomic E-state index is 0.0449. The molecule has 1 atom stereocenters. The van der Waals surface area contributed by atoms with Crippen molar-refractivity contribution in [2.45, 2.75) is 24.8 Å². The summed E-state index contributed by atoms with van der Waals surface area (Å²) in [5, 5.41) is 2.88. The summed E-state index contributed by atoms with van der Waals surface area (Å²) in [5.41, 5.74) is 2.18. The molecule has 0 spiro atoms. The van der Waals surface area contributed by atoms with Crippen molar-refractivity contribution in [3.63, 3.8) is 0 Å². The number of benzene rings is 2. The highest BCUT2D eigenvalue weighted by molar-refractivity contribution is 7.89. The molecule has 0 radical (unpaired) electrons. The molecule has 2 aromatic carbocycles. The van der Waals surface area contributed by atoms with Crippen LogP contribution in [-0.4, -0.2) is 28.5 Å². The largest absolute Gasteiger partial charge is 0.496 e. The van der Waals surface area contributed by atoms with Gasteiger partial charge in [-0.05, 0) is 45.2 Å². The van der Waals surface area contributed by atoms with Crippen LogP contribution < -0.4 is 14.8 Å². The highest BCUT2D eigenvalue weighted by Gasteiger charge is 2.18. The standard InChI is InChI=1S/C18H22N2O4S/c1-12-8-9-17(24-4)16(10-12)13(2)20-18(21)14-6-5-7-15(11-14)25(22,23)19-3/h5-11,13,19H,1-4H3,(H,20,21). The molecule has 0 saturated carbocycles. The summed E-state index contributed by atoms with van der Waals surface area (Å²) >= 11 is 0. The highest BCUT2D eigenvalue weighted by atomic mass is 32.2. The molecule has 0 aliphatic rings. The van der Waals surface area contributed by atoms with Crippen LogP contribution in [0.25, 0.3) is 0 Å². The number of carbonyl (C=O) groups is 1. The van der Waals surface area contributed by atoms with Crippen LogP contribution in [0.15, 0.2) is 47.4 Å². The predicted molar refractivity (Wildman–Crippen MR) is 96.3 cm³/mol. The number of amides is 1. The zero-order chi connectivity index (χ0) is 18.6. The molecule has 2 rings (SSSR count). The van der Waals surface area contributed by atoms with Gasteiger partial charge in [0.25, 0.3) is 5.91 Å². The molecular weight excluding hydrogens is 340 g/mol. The maximum absolute atomic E-state index is 12.5. The van der Waals surface area contributed by atoms with Gasteiger partial charge < -0.3 is 10.1 Å². The Morgan fingerprint density at radius 1 is 1.16 bits per heavy atom. The molecule has 134 valence electrons. The van der Waals surface area contributed by atoms with Gasteiger partial charge in [0.2, 0.25) is 10.0 Å². The predicted octanol–water partition coefficient (Wildman–Crippen LogP) is 2.40. The van der Waals surface area contributed by atoms with Crippen LogP contribution in [0.1, 0.15) is 34.5 Å². The Labute approximate surface area is 148 Å². The van der Waals surface area contributed by atoms with E-state index in [9.17, 15) is 13.2 Å². The van der Waals surface area contributed by atoms with Gasteiger partial charge in [0.15, 0.2) is 0 Å². The van der Waals surface area contributed by atoms with E-state index in [1.807, 2.05) is 32.0 Å². The van der Waals surface area contributed by atoms with Gasteiger partial charge in [0.05, 0.1) is 18.0 Å². The molecule has 1 unspecified atom stereocenters. The first-order chi connectivity index (χ1) is 11.8. The van der Waals surface area contributed by atoms with Crippen LogP contribution in [0.4, 0.5) is 0 Å². The number of rotatable bonds is 6. The van der Waals surface area contributed by atoms with Crippen LogP contribution in [-0.2, 0) is 10.0 Å². The second-order valence-corrected chi connectivity index (χ2v) is 7.56. The molecule has 2 N–H and O–H groups in total. The van der Waals surface area contributed by atoms with Crippen LogP contribution in [0.5, 0.6) is 5.75 Å². The molecule has 0 aliphatic heterocycles. The van der Waals surface area contributed by atoms with Crippen molar-refractivity contribution >= 4 is 15.9 Å². The number of sulfonamides is 1. The zero-order valence-corrected chi connectivity index (χ0v) is 15.5. The molecule has 0 fully saturated rings. The van der Waals surface area contributed by atoms with E-state index in [2.05, 4.69) is 10.0 Å². The number of carbonyl (C=O) groups excluding carboxylic acids is 1. The van der Waals surface area contributed by atoms with Crippen molar-refractivity contribution in [1.29, 1.82) is 0 Å². The lowest BCUT2D eigenvalue weighted by molar-refractivity contribution is 0.0939. The quantitative estimate of drug-likeness (QED) is 0.826. The van der Waals surface area contributed by atoms with E-state index in [1.165, 1.54) is 25.2 Å². The molecule has 0 aliphatic carbocycles. The van der Waals surface area contributed by atoms with E-state index in [-0.39, 0.29) is 22.4 Å². The lowest BCUT2D eigenvalue weighted by atomic mass is 10.0. The van der Waals surface area contributed by atoms with E-state index in [1.54, 1.807) is 13.2 Å². The summed E-state index contributed by atoms with van der Waals surface area (Å²) in [6, 6.07) is 11.3. The third kappa shape index (κ3) is 4.37. The van der Waals surface area contributed by atoms with Crippen molar-refractivity contribution < 1.29 is 17.9 Å². The third-order valence-electron chi connectivity index (χ3n) is 3.87. The Hall–Kier alpha value is -2.38. The van der Waals surface area contributed by atoms with Gasteiger partial charge in [0.1, 0.15) is 5.75 Å². The fourth-order valence-electron chi connectivity index (χ4n) is 2.47. The van der Waals surface area contributed by atoms with Gasteiger partial charge in [0, 0.05) is 11.1 Å². The van der Waals surface area contributed by atoms with Crippen LogP contribution in [0, 0.1) is 6.92 Å². The third-order valence-corrected chi connectivity index (χ3v) is 5.29. The second kappa shape index (κ2) is 7.67. The average Bonchev–Trinajstić information content (AvgIpc) is 2.61. The van der Waals surface area contributed by atoms with E-state index >= 15 is 0 Å². The Balaban J connectivity index is 2.26. The minimum Gasteiger partial charge on any atom is -0.496 e. The first-order valence-corrected chi connectivity index (χ1v) is 9.26. The number of ether oxygens (including phenoxy) is 1. The summed E-state index contributed by atoms with van der Waals surface area (Å²) in [4.78, 5) is 12.6. The van der Waals surface area contributed by atoms with E-state index < -0.39 is 10.0 Å². The number of nitrogens with one attached hydrogen (secondary N) is 2. The molecule has 0 heterocycles. The van der Waals surface area contributed by atoms with Gasteiger partial charge in [-0.15, -0.1) is 0 Å². The fourth-order valence-corrected chi connectivity index (χ4v) is 3.25. The van der Waals surface area contributed by atoms with Crippen molar-refractivity contribution in [1.82, 2.24) is 10.0 Å². The monoisotopic (exact) mass is 362 g/mol. The van der Waals surface area contributed by atoms with Gasteiger partial charge in [-0.1, -0.05) is 23.8 Å². The molecular formula is C18H22N2O4S. The Morgan fingerprint density at radius 2 is 1.88 bits per heavy atom. The van der Waals surface area contributed by atoms with E-state index in [0.717, 1.165) is 11.1 Å². The molecule has 0 aromatic heterocycles.